The second-order valence-electron chi connectivity index (χ2n) is 4.23. The molecule has 0 fully saturated rings. The van der Waals surface area contributed by atoms with E-state index in [4.69, 9.17) is 5.73 Å². The van der Waals surface area contributed by atoms with Crippen molar-refractivity contribution in [3.63, 3.8) is 0 Å². The number of hydrogen-bond acceptors (Lipinski definition) is 3. The Morgan fingerprint density at radius 3 is 2.94 bits per heavy atom. The molecule has 0 unspecified atom stereocenters. The zero-order chi connectivity index (χ0) is 12.0. The van der Waals surface area contributed by atoms with Gasteiger partial charge in [0, 0.05) is 12.7 Å². The van der Waals surface area contributed by atoms with Crippen LogP contribution >= 0.6 is 0 Å². The quantitative estimate of drug-likeness (QED) is 0.745. The van der Waals surface area contributed by atoms with Gasteiger partial charge in [-0.1, -0.05) is 13.8 Å². The minimum Gasteiger partial charge on any atom is -0.383 e. The lowest BCUT2D eigenvalue weighted by molar-refractivity contribution is 0.0953. The van der Waals surface area contributed by atoms with E-state index in [9.17, 15) is 4.79 Å². The van der Waals surface area contributed by atoms with Gasteiger partial charge >= 0.3 is 0 Å². The number of nitrogens with zero attached hydrogens (tertiary/aromatic N) is 1. The Labute approximate surface area is 96.3 Å². The third-order valence-corrected chi connectivity index (χ3v) is 2.33. The van der Waals surface area contributed by atoms with Crippen LogP contribution in [0.4, 0.5) is 5.82 Å². The van der Waals surface area contributed by atoms with E-state index in [0.717, 1.165) is 12.8 Å². The molecule has 0 aliphatic rings. The summed E-state index contributed by atoms with van der Waals surface area (Å²) in [5, 5.41) is 2.84. The lowest BCUT2D eigenvalue weighted by Gasteiger charge is -2.07. The molecule has 0 atom stereocenters. The highest BCUT2D eigenvalue weighted by molar-refractivity contribution is 5.98. The molecule has 0 aromatic carbocycles. The van der Waals surface area contributed by atoms with Crippen LogP contribution in [0.25, 0.3) is 0 Å². The zero-order valence-electron chi connectivity index (χ0n) is 9.86. The molecule has 0 bridgehead atoms. The second-order valence-corrected chi connectivity index (χ2v) is 4.23. The summed E-state index contributed by atoms with van der Waals surface area (Å²) in [7, 11) is 0. The van der Waals surface area contributed by atoms with Crippen molar-refractivity contribution < 1.29 is 4.79 Å². The topological polar surface area (TPSA) is 68.0 Å². The summed E-state index contributed by atoms with van der Waals surface area (Å²) >= 11 is 0. The fourth-order valence-corrected chi connectivity index (χ4v) is 1.42. The van der Waals surface area contributed by atoms with Crippen molar-refractivity contribution in [2.45, 2.75) is 26.7 Å². The highest BCUT2D eigenvalue weighted by Crippen LogP contribution is 2.07. The van der Waals surface area contributed by atoms with Crippen molar-refractivity contribution in [2.75, 3.05) is 12.3 Å². The highest BCUT2D eigenvalue weighted by Gasteiger charge is 2.08. The number of aromatic nitrogens is 1. The fraction of sp³-hybridized carbons (Fsp3) is 0.500. The second kappa shape index (κ2) is 6.10. The molecule has 1 rings (SSSR count). The number of nitrogens with one attached hydrogen (secondary N) is 1. The average Bonchev–Trinajstić information content (AvgIpc) is 2.24. The molecule has 1 aromatic heterocycles. The Hall–Kier alpha value is -1.58. The number of nitrogen functional groups attached to an aromatic ring is 1. The van der Waals surface area contributed by atoms with E-state index in [0.29, 0.717) is 18.0 Å². The summed E-state index contributed by atoms with van der Waals surface area (Å²) in [5.41, 5.74) is 6.05. The van der Waals surface area contributed by atoms with Crippen LogP contribution < -0.4 is 11.1 Å². The van der Waals surface area contributed by atoms with Crippen molar-refractivity contribution >= 4 is 11.7 Å². The fourth-order valence-electron chi connectivity index (χ4n) is 1.42. The maximum atomic E-state index is 11.7. The van der Waals surface area contributed by atoms with Crippen LogP contribution in [0.1, 0.15) is 37.0 Å². The molecule has 0 saturated carbocycles. The normalized spacial score (nSPS) is 10.4. The number of rotatable bonds is 5. The number of anilines is 1. The number of carbonyl (C=O) groups excluding carboxylic acids is 1. The molecule has 16 heavy (non-hydrogen) atoms. The van der Waals surface area contributed by atoms with Crippen molar-refractivity contribution in [1.82, 2.24) is 10.3 Å². The van der Waals surface area contributed by atoms with Gasteiger partial charge in [0.15, 0.2) is 0 Å². The minimum absolute atomic E-state index is 0.144. The van der Waals surface area contributed by atoms with Gasteiger partial charge in [0.25, 0.3) is 5.91 Å². The molecular weight excluding hydrogens is 202 g/mol. The molecule has 0 spiro atoms. The van der Waals surface area contributed by atoms with Crippen LogP contribution in [0.5, 0.6) is 0 Å². The first-order valence-corrected chi connectivity index (χ1v) is 5.60. The Kier molecular flexibility index (Phi) is 4.76. The van der Waals surface area contributed by atoms with E-state index >= 15 is 0 Å². The standard InChI is InChI=1S/C12H19N3O/c1-9(2)5-3-8-15-12(16)10-6-4-7-14-11(10)13/h4,6-7,9H,3,5,8H2,1-2H3,(H2,13,14)(H,15,16). The molecule has 1 amide bonds. The zero-order valence-corrected chi connectivity index (χ0v) is 9.86. The van der Waals surface area contributed by atoms with Gasteiger partial charge in [-0.2, -0.15) is 0 Å². The monoisotopic (exact) mass is 221 g/mol. The van der Waals surface area contributed by atoms with Crippen LogP contribution in [0.3, 0.4) is 0 Å². The first-order valence-electron chi connectivity index (χ1n) is 5.60. The summed E-state index contributed by atoms with van der Waals surface area (Å²) in [4.78, 5) is 15.6. The van der Waals surface area contributed by atoms with E-state index in [2.05, 4.69) is 24.1 Å². The molecule has 88 valence electrons. The maximum absolute atomic E-state index is 11.7. The van der Waals surface area contributed by atoms with Gasteiger partial charge in [0.2, 0.25) is 0 Å². The van der Waals surface area contributed by atoms with Gasteiger partial charge in [0.05, 0.1) is 5.56 Å². The molecule has 0 aliphatic heterocycles. The Morgan fingerprint density at radius 2 is 2.31 bits per heavy atom. The summed E-state index contributed by atoms with van der Waals surface area (Å²) < 4.78 is 0. The van der Waals surface area contributed by atoms with E-state index in [-0.39, 0.29) is 11.7 Å². The maximum Gasteiger partial charge on any atom is 0.255 e. The van der Waals surface area contributed by atoms with Gasteiger partial charge in [-0.15, -0.1) is 0 Å². The van der Waals surface area contributed by atoms with Gasteiger partial charge in [0.1, 0.15) is 5.82 Å². The van der Waals surface area contributed by atoms with Crippen molar-refractivity contribution in [2.24, 2.45) is 5.92 Å². The number of pyridine rings is 1. The summed E-state index contributed by atoms with van der Waals surface area (Å²) in [6.07, 6.45) is 3.68. The molecule has 1 aromatic rings. The molecule has 4 heteroatoms. The van der Waals surface area contributed by atoms with Crippen molar-refractivity contribution in [3.05, 3.63) is 23.9 Å². The van der Waals surface area contributed by atoms with Crippen LogP contribution in [0, 0.1) is 5.92 Å². The Morgan fingerprint density at radius 1 is 1.56 bits per heavy atom. The molecule has 1 heterocycles. The van der Waals surface area contributed by atoms with Crippen LogP contribution in [0.15, 0.2) is 18.3 Å². The van der Waals surface area contributed by atoms with E-state index in [1.807, 2.05) is 0 Å². The minimum atomic E-state index is -0.144. The molecule has 3 N–H and O–H groups in total. The van der Waals surface area contributed by atoms with Crippen molar-refractivity contribution in [1.29, 1.82) is 0 Å². The number of hydrogen-bond donors (Lipinski definition) is 2. The predicted octanol–water partition coefficient (Wildman–Crippen LogP) is 1.83. The molecule has 0 radical (unpaired) electrons. The smallest absolute Gasteiger partial charge is 0.255 e. The molecule has 4 nitrogen and oxygen atoms in total. The van der Waals surface area contributed by atoms with Gasteiger partial charge in [-0.3, -0.25) is 4.79 Å². The number of amides is 1. The van der Waals surface area contributed by atoms with Crippen LogP contribution in [0.2, 0.25) is 0 Å². The molecule has 0 saturated heterocycles. The Bertz CT molecular complexity index is 350. The average molecular weight is 221 g/mol. The van der Waals surface area contributed by atoms with E-state index < -0.39 is 0 Å². The van der Waals surface area contributed by atoms with Gasteiger partial charge in [-0.25, -0.2) is 4.98 Å². The predicted molar refractivity (Wildman–Crippen MR) is 65.1 cm³/mol. The summed E-state index contributed by atoms with van der Waals surface area (Å²) in [5.74, 6) is 0.804. The number of nitrogens with two attached hydrogens (primary N) is 1. The third kappa shape index (κ3) is 3.88. The van der Waals surface area contributed by atoms with Gasteiger partial charge < -0.3 is 11.1 Å². The third-order valence-electron chi connectivity index (χ3n) is 2.33. The van der Waals surface area contributed by atoms with E-state index in [1.165, 1.54) is 0 Å². The highest BCUT2D eigenvalue weighted by atomic mass is 16.1. The van der Waals surface area contributed by atoms with Crippen LogP contribution in [-0.4, -0.2) is 17.4 Å². The first kappa shape index (κ1) is 12.5. The largest absolute Gasteiger partial charge is 0.383 e. The lowest BCUT2D eigenvalue weighted by Crippen LogP contribution is -2.25. The van der Waals surface area contributed by atoms with E-state index in [1.54, 1.807) is 18.3 Å². The van der Waals surface area contributed by atoms with Crippen LogP contribution in [-0.2, 0) is 0 Å². The lowest BCUT2D eigenvalue weighted by atomic mass is 10.1. The molecule has 0 aliphatic carbocycles. The summed E-state index contributed by atoms with van der Waals surface area (Å²) in [6.45, 7) is 5.02. The Balaban J connectivity index is 2.39. The van der Waals surface area contributed by atoms with Gasteiger partial charge in [-0.05, 0) is 30.9 Å². The first-order chi connectivity index (χ1) is 7.61. The van der Waals surface area contributed by atoms with Crippen molar-refractivity contribution in [3.8, 4) is 0 Å². The summed E-state index contributed by atoms with van der Waals surface area (Å²) in [6, 6.07) is 3.39. The molecular formula is C12H19N3O. The SMILES string of the molecule is CC(C)CCCNC(=O)c1cccnc1N. The number of carbonyl (C=O) groups is 1.